The Labute approximate surface area is 121 Å². The van der Waals surface area contributed by atoms with E-state index >= 15 is 0 Å². The topological polar surface area (TPSA) is 91.7 Å². The minimum atomic E-state index is -2.81. The lowest BCUT2D eigenvalue weighted by molar-refractivity contribution is -0.120. The standard InChI is InChI=1S/C7H8.C6H10O4S.CH4O/c1-7-5-3-2-4-6-7;1-6(2,3)4(7)5(8)11(9)10;1-2/h2-6H,1H3;8H,1-3H3;2H,1H3. The summed E-state index contributed by atoms with van der Waals surface area (Å²) in [7, 11) is -1.81. The molecule has 0 radical (unpaired) electrons. The zero-order valence-corrected chi connectivity index (χ0v) is 13.2. The van der Waals surface area contributed by atoms with E-state index in [9.17, 15) is 13.2 Å². The van der Waals surface area contributed by atoms with Crippen molar-refractivity contribution in [2.75, 3.05) is 7.11 Å². The third-order valence-corrected chi connectivity index (χ3v) is 2.47. The summed E-state index contributed by atoms with van der Waals surface area (Å²) in [4.78, 5) is 10.9. The first-order valence-electron chi connectivity index (χ1n) is 5.82. The Morgan fingerprint density at radius 3 is 1.60 bits per heavy atom. The van der Waals surface area contributed by atoms with Gasteiger partial charge in [0.2, 0.25) is 21.1 Å². The van der Waals surface area contributed by atoms with E-state index in [-0.39, 0.29) is 0 Å². The molecule has 0 bridgehead atoms. The van der Waals surface area contributed by atoms with E-state index in [2.05, 4.69) is 19.1 Å². The number of aliphatic hydroxyl groups excluding tert-OH is 2. The number of rotatable bonds is 1. The Kier molecular flexibility index (Phi) is 10.7. The number of aryl methyl sites for hydroxylation is 1. The van der Waals surface area contributed by atoms with Crippen molar-refractivity contribution in [2.45, 2.75) is 27.7 Å². The van der Waals surface area contributed by atoms with Crippen LogP contribution in [-0.4, -0.2) is 36.6 Å². The molecule has 0 aromatic heterocycles. The lowest BCUT2D eigenvalue weighted by atomic mass is 9.91. The molecule has 0 saturated carbocycles. The molecule has 0 atom stereocenters. The van der Waals surface area contributed by atoms with Crippen LogP contribution in [0.5, 0.6) is 0 Å². The van der Waals surface area contributed by atoms with Gasteiger partial charge < -0.3 is 10.2 Å². The van der Waals surface area contributed by atoms with Crippen LogP contribution in [0.15, 0.2) is 30.3 Å². The molecule has 20 heavy (non-hydrogen) atoms. The highest BCUT2D eigenvalue weighted by Crippen LogP contribution is 2.14. The van der Waals surface area contributed by atoms with Crippen LogP contribution in [0.4, 0.5) is 0 Å². The zero-order valence-electron chi connectivity index (χ0n) is 12.4. The first-order valence-corrected chi connectivity index (χ1v) is 6.90. The Balaban J connectivity index is 0. The van der Waals surface area contributed by atoms with Crippen LogP contribution in [-0.2, 0) is 15.1 Å². The average Bonchev–Trinajstić information content (AvgIpc) is 2.39. The van der Waals surface area contributed by atoms with E-state index in [1.165, 1.54) is 26.3 Å². The molecule has 2 N–H and O–H groups in total. The van der Waals surface area contributed by atoms with Gasteiger partial charge >= 0.3 is 0 Å². The summed E-state index contributed by atoms with van der Waals surface area (Å²) >= 11 is 0. The largest absolute Gasteiger partial charge is 0.400 e. The molecule has 0 heterocycles. The van der Waals surface area contributed by atoms with Gasteiger partial charge in [-0.3, -0.25) is 4.79 Å². The van der Waals surface area contributed by atoms with Gasteiger partial charge in [-0.1, -0.05) is 56.7 Å². The molecule has 5 nitrogen and oxygen atoms in total. The molecule has 1 aromatic carbocycles. The molecule has 0 amide bonds. The third kappa shape index (κ3) is 9.43. The van der Waals surface area contributed by atoms with Crippen molar-refractivity contribution in [3.05, 3.63) is 35.9 Å². The molecule has 0 unspecified atom stereocenters. The summed E-state index contributed by atoms with van der Waals surface area (Å²) in [5.74, 6) is -0.772. The van der Waals surface area contributed by atoms with Gasteiger partial charge in [-0.25, -0.2) is 0 Å². The Morgan fingerprint density at radius 1 is 1.05 bits per heavy atom. The molecule has 0 aliphatic carbocycles. The summed E-state index contributed by atoms with van der Waals surface area (Å²) < 4.78 is 20.2. The average molecular weight is 302 g/mol. The van der Waals surface area contributed by atoms with E-state index in [1.807, 2.05) is 18.2 Å². The SMILES string of the molecule is CC(C)(C)C(=O)C(O)=S(=O)=O.CO.Cc1ccccc1. The Morgan fingerprint density at radius 2 is 1.45 bits per heavy atom. The highest BCUT2D eigenvalue weighted by Gasteiger charge is 2.26. The zero-order chi connectivity index (χ0) is 16.3. The fourth-order valence-electron chi connectivity index (χ4n) is 0.931. The third-order valence-electron chi connectivity index (χ3n) is 1.97. The number of aliphatic hydroxyl groups is 2. The van der Waals surface area contributed by atoms with Crippen LogP contribution in [0, 0.1) is 12.3 Å². The van der Waals surface area contributed by atoms with Crippen molar-refractivity contribution < 1.29 is 23.4 Å². The maximum atomic E-state index is 10.9. The van der Waals surface area contributed by atoms with Crippen molar-refractivity contribution in [1.29, 1.82) is 0 Å². The predicted molar refractivity (Wildman–Crippen MR) is 80.3 cm³/mol. The lowest BCUT2D eigenvalue weighted by Crippen LogP contribution is -2.28. The second-order valence-corrected chi connectivity index (χ2v) is 5.63. The summed E-state index contributed by atoms with van der Waals surface area (Å²) in [6.07, 6.45) is 0. The minimum absolute atomic E-state index is 0.772. The van der Waals surface area contributed by atoms with E-state index in [4.69, 9.17) is 10.2 Å². The van der Waals surface area contributed by atoms with Gasteiger partial charge in [0.15, 0.2) is 0 Å². The smallest absolute Gasteiger partial charge is 0.248 e. The Bertz CT molecular complexity index is 516. The highest BCUT2D eigenvalue weighted by atomic mass is 32.2. The molecule has 1 aromatic rings. The molecule has 6 heteroatoms. The van der Waals surface area contributed by atoms with Crippen molar-refractivity contribution in [3.8, 4) is 0 Å². The van der Waals surface area contributed by atoms with Gasteiger partial charge in [-0.15, -0.1) is 0 Å². The van der Waals surface area contributed by atoms with Crippen LogP contribution < -0.4 is 0 Å². The maximum absolute atomic E-state index is 10.9. The van der Waals surface area contributed by atoms with Gasteiger partial charge in [0.1, 0.15) is 0 Å². The van der Waals surface area contributed by atoms with Gasteiger partial charge in [0.25, 0.3) is 0 Å². The molecule has 0 aliphatic heterocycles. The number of Topliss-reactive ketones (excluding diaryl/α,β-unsaturated/α-hetero) is 1. The van der Waals surface area contributed by atoms with E-state index in [1.54, 1.807) is 0 Å². The second kappa shape index (κ2) is 10.3. The molecular formula is C14H22O5S. The molecule has 1 rings (SSSR count). The number of hydrogen-bond donors (Lipinski definition) is 2. The first-order chi connectivity index (χ1) is 9.16. The van der Waals surface area contributed by atoms with Crippen LogP contribution in [0.2, 0.25) is 0 Å². The minimum Gasteiger partial charge on any atom is -0.400 e. The number of ketones is 1. The molecule has 0 fully saturated rings. The van der Waals surface area contributed by atoms with Crippen molar-refractivity contribution in [2.24, 2.45) is 5.41 Å². The van der Waals surface area contributed by atoms with E-state index < -0.39 is 26.5 Å². The van der Waals surface area contributed by atoms with E-state index in [0.29, 0.717) is 0 Å². The predicted octanol–water partition coefficient (Wildman–Crippen LogP) is 1.77. The molecule has 0 spiro atoms. The lowest BCUT2D eigenvalue weighted by Gasteiger charge is -2.13. The van der Waals surface area contributed by atoms with Crippen molar-refractivity contribution >= 4 is 21.1 Å². The molecule has 114 valence electrons. The Hall–Kier alpha value is -1.50. The van der Waals surface area contributed by atoms with Crippen LogP contribution >= 0.6 is 0 Å². The highest BCUT2D eigenvalue weighted by molar-refractivity contribution is 7.74. The fraction of sp³-hybridized carbons (Fsp3) is 0.429. The van der Waals surface area contributed by atoms with E-state index in [0.717, 1.165) is 7.11 Å². The van der Waals surface area contributed by atoms with Gasteiger partial charge in [-0.2, -0.15) is 8.42 Å². The van der Waals surface area contributed by atoms with Crippen molar-refractivity contribution in [3.63, 3.8) is 0 Å². The number of hydrogen-bond acceptors (Lipinski definition) is 4. The molecule has 0 aliphatic rings. The van der Waals surface area contributed by atoms with Crippen LogP contribution in [0.25, 0.3) is 0 Å². The van der Waals surface area contributed by atoms with Crippen LogP contribution in [0.1, 0.15) is 26.3 Å². The molecule has 0 saturated heterocycles. The van der Waals surface area contributed by atoms with Crippen LogP contribution in [0.3, 0.4) is 0 Å². The summed E-state index contributed by atoms with van der Waals surface area (Å²) in [6.45, 7) is 6.66. The summed E-state index contributed by atoms with van der Waals surface area (Å²) in [6, 6.07) is 10.3. The monoisotopic (exact) mass is 302 g/mol. The quantitative estimate of drug-likeness (QED) is 0.771. The number of carbonyl (C=O) groups is 1. The van der Waals surface area contributed by atoms with Gasteiger partial charge in [0.05, 0.1) is 0 Å². The number of benzene rings is 1. The molecular weight excluding hydrogens is 280 g/mol. The van der Waals surface area contributed by atoms with Gasteiger partial charge in [-0.05, 0) is 6.92 Å². The van der Waals surface area contributed by atoms with Crippen molar-refractivity contribution in [1.82, 2.24) is 0 Å². The normalized spacial score (nSPS) is 9.35. The summed E-state index contributed by atoms with van der Waals surface area (Å²) in [5, 5.41) is 14.6. The van der Waals surface area contributed by atoms with Gasteiger partial charge in [0, 0.05) is 12.5 Å². The second-order valence-electron chi connectivity index (χ2n) is 4.77. The number of carbonyl (C=O) groups excluding carboxylic acids is 1. The fourth-order valence-corrected chi connectivity index (χ4v) is 1.39. The first kappa shape index (κ1) is 20.8. The maximum Gasteiger partial charge on any atom is 0.248 e. The summed E-state index contributed by atoms with van der Waals surface area (Å²) in [5.41, 5.74) is 0.465.